The lowest BCUT2D eigenvalue weighted by atomic mass is 10.0. The molecular weight excluding hydrogens is 1160 g/mol. The topological polar surface area (TPSA) is 105 Å². The van der Waals surface area contributed by atoms with Gasteiger partial charge >= 0.3 is 7.82 Å². The second kappa shape index (κ2) is 74.9. The molecule has 1 amide bonds. The molecule has 8 nitrogen and oxygen atoms in total. The van der Waals surface area contributed by atoms with Crippen LogP contribution in [0.1, 0.15) is 444 Å². The normalized spacial score (nSPS) is 13.6. The number of rotatable bonds is 79. The number of unbranched alkanes of at least 4 members (excludes halogenated alkanes) is 60. The lowest BCUT2D eigenvalue weighted by molar-refractivity contribution is -0.870. The van der Waals surface area contributed by atoms with Crippen LogP contribution in [-0.2, 0) is 18.4 Å². The maximum absolute atomic E-state index is 13.1. The molecule has 0 aliphatic carbocycles. The number of carbonyl (C=O) groups is 1. The minimum absolute atomic E-state index is 0.0778. The zero-order valence-electron chi connectivity index (χ0n) is 63.5. The molecule has 0 rings (SSSR count). The van der Waals surface area contributed by atoms with Gasteiger partial charge in [-0.25, -0.2) is 4.57 Å². The maximum atomic E-state index is 13.1. The standard InChI is InChI=1S/C84H165N2O6P/c1-6-8-10-12-14-16-18-20-22-24-26-28-30-32-34-36-38-39-40-41-42-43-44-45-46-47-48-50-52-54-56-58-60-62-64-66-68-70-72-74-76-78-84(88)85-82(81-92-93(89,90)91-80-79-86(3,4)5)83(87)77-75-73-71-69-67-65-63-61-59-57-55-53-51-49-37-35-33-31-29-27-25-23-21-19-17-15-13-11-9-7-2/h18,20,24,26,30,32,82-83,87H,6-17,19,21-23,25,27-29,31,33-81H2,1-5H3,(H-,85,88,89,90)/p+1/b20-18-,26-24-,32-30-. The number of quaternary nitrogens is 1. The Morgan fingerprint density at radius 1 is 0.366 bits per heavy atom. The van der Waals surface area contributed by atoms with E-state index in [1.165, 1.54) is 366 Å². The molecule has 9 heteroatoms. The number of likely N-dealkylation sites (N-methyl/N-ethyl adjacent to an activating group) is 1. The Labute approximate surface area is 582 Å². The molecular formula is C84H166N2O6P+. The Balaban J connectivity index is 3.87. The summed E-state index contributed by atoms with van der Waals surface area (Å²) in [5.41, 5.74) is 0. The van der Waals surface area contributed by atoms with Crippen molar-refractivity contribution in [3.63, 3.8) is 0 Å². The lowest BCUT2D eigenvalue weighted by Gasteiger charge is -2.26. The van der Waals surface area contributed by atoms with E-state index in [2.05, 4.69) is 55.6 Å². The number of hydrogen-bond donors (Lipinski definition) is 3. The number of phosphoric acid groups is 1. The Bertz CT molecular complexity index is 1610. The Kier molecular flexibility index (Phi) is 73.9. The first-order chi connectivity index (χ1) is 45.5. The molecule has 3 atom stereocenters. The SMILES string of the molecule is CCCCCCC/C=C\C/C=C\C/C=C\CCCCCCCCCCCCCCCCCCCCCCCCCCCCC(=O)NC(COP(=O)(O)OCC[N+](C)(C)C)C(O)CCCCCCCCCCCCCCCCCCCCCCCCCCCCCCCC. The number of nitrogens with zero attached hydrogens (tertiary/aromatic N) is 1. The number of carbonyl (C=O) groups excluding carboxylic acids is 1. The van der Waals surface area contributed by atoms with Crippen LogP contribution < -0.4 is 5.32 Å². The van der Waals surface area contributed by atoms with Crippen LogP contribution in [0.3, 0.4) is 0 Å². The summed E-state index contributed by atoms with van der Waals surface area (Å²) in [6, 6.07) is -0.761. The molecule has 3 unspecified atom stereocenters. The van der Waals surface area contributed by atoms with E-state index in [9.17, 15) is 19.4 Å². The highest BCUT2D eigenvalue weighted by atomic mass is 31.2. The van der Waals surface area contributed by atoms with E-state index in [-0.39, 0.29) is 19.1 Å². The van der Waals surface area contributed by atoms with E-state index < -0.39 is 20.0 Å². The van der Waals surface area contributed by atoms with Crippen LogP contribution >= 0.6 is 7.82 Å². The van der Waals surface area contributed by atoms with Crippen molar-refractivity contribution in [1.82, 2.24) is 5.32 Å². The Hall–Kier alpha value is -1.28. The quantitative estimate of drug-likeness (QED) is 0.0243. The van der Waals surface area contributed by atoms with Gasteiger partial charge in [-0.2, -0.15) is 0 Å². The summed E-state index contributed by atoms with van der Waals surface area (Å²) in [6.45, 7) is 4.95. The van der Waals surface area contributed by atoms with Gasteiger partial charge in [0.2, 0.25) is 5.91 Å². The summed E-state index contributed by atoms with van der Waals surface area (Å²) in [6.07, 6.45) is 102. The molecule has 0 saturated heterocycles. The van der Waals surface area contributed by atoms with Gasteiger partial charge in [0.1, 0.15) is 13.2 Å². The van der Waals surface area contributed by atoms with E-state index in [0.29, 0.717) is 23.9 Å². The van der Waals surface area contributed by atoms with E-state index in [1.807, 2.05) is 21.1 Å². The van der Waals surface area contributed by atoms with Crippen LogP contribution in [0.25, 0.3) is 0 Å². The molecule has 0 bridgehead atoms. The van der Waals surface area contributed by atoms with Gasteiger partial charge < -0.3 is 19.8 Å². The maximum Gasteiger partial charge on any atom is 0.472 e. The Morgan fingerprint density at radius 2 is 0.613 bits per heavy atom. The fraction of sp³-hybridized carbons (Fsp3) is 0.917. The minimum Gasteiger partial charge on any atom is -0.391 e. The highest BCUT2D eigenvalue weighted by molar-refractivity contribution is 7.47. The predicted octanol–water partition coefficient (Wildman–Crippen LogP) is 27.5. The van der Waals surface area contributed by atoms with Gasteiger partial charge in [-0.3, -0.25) is 13.8 Å². The first-order valence-electron chi connectivity index (χ1n) is 41.9. The third-order valence-electron chi connectivity index (χ3n) is 19.6. The number of hydrogen-bond acceptors (Lipinski definition) is 5. The van der Waals surface area contributed by atoms with Crippen LogP contribution in [-0.4, -0.2) is 73.4 Å². The van der Waals surface area contributed by atoms with E-state index in [1.54, 1.807) is 0 Å². The molecule has 0 aromatic rings. The average molecular weight is 1330 g/mol. The molecule has 0 saturated carbocycles. The van der Waals surface area contributed by atoms with E-state index in [0.717, 1.165) is 51.4 Å². The summed E-state index contributed by atoms with van der Waals surface area (Å²) >= 11 is 0. The highest BCUT2D eigenvalue weighted by Gasteiger charge is 2.28. The molecule has 93 heavy (non-hydrogen) atoms. The van der Waals surface area contributed by atoms with Crippen molar-refractivity contribution in [2.75, 3.05) is 40.9 Å². The number of aliphatic hydroxyl groups is 1. The third-order valence-corrected chi connectivity index (χ3v) is 20.6. The van der Waals surface area contributed by atoms with Crippen LogP contribution in [0.2, 0.25) is 0 Å². The first-order valence-corrected chi connectivity index (χ1v) is 43.3. The molecule has 0 aliphatic rings. The van der Waals surface area contributed by atoms with Crippen LogP contribution in [0.4, 0.5) is 0 Å². The number of aliphatic hydroxyl groups excluding tert-OH is 1. The van der Waals surface area contributed by atoms with Gasteiger partial charge in [-0.05, 0) is 51.4 Å². The summed E-state index contributed by atoms with van der Waals surface area (Å²) in [5, 5.41) is 14.2. The molecule has 3 N–H and O–H groups in total. The molecule has 0 aromatic heterocycles. The number of nitrogens with one attached hydrogen (secondary N) is 1. The van der Waals surface area contributed by atoms with Crippen molar-refractivity contribution < 1.29 is 32.9 Å². The molecule has 0 aromatic carbocycles. The molecule has 552 valence electrons. The molecule has 0 aliphatic heterocycles. The van der Waals surface area contributed by atoms with Gasteiger partial charge in [0.25, 0.3) is 0 Å². The van der Waals surface area contributed by atoms with Gasteiger partial charge in [-0.1, -0.05) is 423 Å². The molecule has 0 spiro atoms. The van der Waals surface area contributed by atoms with Crippen molar-refractivity contribution >= 4 is 13.7 Å². The van der Waals surface area contributed by atoms with Gasteiger partial charge in [-0.15, -0.1) is 0 Å². The largest absolute Gasteiger partial charge is 0.472 e. The molecule has 0 radical (unpaired) electrons. The number of phosphoric ester groups is 1. The van der Waals surface area contributed by atoms with Gasteiger partial charge in [0.15, 0.2) is 0 Å². The summed E-state index contributed by atoms with van der Waals surface area (Å²) in [5.74, 6) is -0.133. The van der Waals surface area contributed by atoms with Crippen LogP contribution in [0.5, 0.6) is 0 Å². The van der Waals surface area contributed by atoms with Crippen molar-refractivity contribution in [3.05, 3.63) is 36.5 Å². The van der Waals surface area contributed by atoms with Gasteiger partial charge in [0, 0.05) is 6.42 Å². The minimum atomic E-state index is -4.33. The lowest BCUT2D eigenvalue weighted by Crippen LogP contribution is -2.46. The average Bonchev–Trinajstić information content (AvgIpc) is 2.75. The molecule has 0 heterocycles. The monoisotopic (exact) mass is 1330 g/mol. The predicted molar refractivity (Wildman–Crippen MR) is 411 cm³/mol. The first kappa shape index (κ1) is 91.7. The smallest absolute Gasteiger partial charge is 0.391 e. The van der Waals surface area contributed by atoms with Crippen LogP contribution in [0.15, 0.2) is 36.5 Å². The molecule has 0 fully saturated rings. The van der Waals surface area contributed by atoms with E-state index >= 15 is 0 Å². The summed E-state index contributed by atoms with van der Waals surface area (Å²) in [7, 11) is 1.64. The highest BCUT2D eigenvalue weighted by Crippen LogP contribution is 2.43. The zero-order valence-corrected chi connectivity index (χ0v) is 64.4. The van der Waals surface area contributed by atoms with Crippen molar-refractivity contribution in [2.45, 2.75) is 456 Å². The fourth-order valence-corrected chi connectivity index (χ4v) is 13.9. The summed E-state index contributed by atoms with van der Waals surface area (Å²) in [4.78, 5) is 23.6. The van der Waals surface area contributed by atoms with Crippen molar-refractivity contribution in [1.29, 1.82) is 0 Å². The van der Waals surface area contributed by atoms with Crippen LogP contribution in [0, 0.1) is 0 Å². The van der Waals surface area contributed by atoms with Crippen molar-refractivity contribution in [3.8, 4) is 0 Å². The number of allylic oxidation sites excluding steroid dienone is 6. The fourth-order valence-electron chi connectivity index (χ4n) is 13.2. The third kappa shape index (κ3) is 77.9. The van der Waals surface area contributed by atoms with E-state index in [4.69, 9.17) is 9.05 Å². The van der Waals surface area contributed by atoms with Crippen molar-refractivity contribution in [2.24, 2.45) is 0 Å². The van der Waals surface area contributed by atoms with Gasteiger partial charge in [0.05, 0.1) is 39.9 Å². The summed E-state index contributed by atoms with van der Waals surface area (Å²) < 4.78 is 24.0. The second-order valence-corrected chi connectivity index (χ2v) is 31.7. The zero-order chi connectivity index (χ0) is 67.6. The second-order valence-electron chi connectivity index (χ2n) is 30.2. The Morgan fingerprint density at radius 3 is 0.892 bits per heavy atom. The number of amides is 1.